The molecule has 0 aromatic carbocycles. The highest BCUT2D eigenvalue weighted by atomic mass is 15.2. The molecular formula is C13H23N5. The van der Waals surface area contributed by atoms with E-state index >= 15 is 0 Å². The summed E-state index contributed by atoms with van der Waals surface area (Å²) in [5.41, 5.74) is 6.84. The molecule has 0 spiro atoms. The van der Waals surface area contributed by atoms with Gasteiger partial charge < -0.3 is 10.6 Å². The average molecular weight is 249 g/mol. The molecule has 0 saturated heterocycles. The van der Waals surface area contributed by atoms with Gasteiger partial charge >= 0.3 is 0 Å². The Balaban J connectivity index is 3.01. The summed E-state index contributed by atoms with van der Waals surface area (Å²) in [5.74, 6) is 1.25. The van der Waals surface area contributed by atoms with Gasteiger partial charge in [-0.2, -0.15) is 0 Å². The molecule has 0 fully saturated rings. The Morgan fingerprint density at radius 3 is 2.61 bits per heavy atom. The predicted molar refractivity (Wildman–Crippen MR) is 75.1 cm³/mol. The van der Waals surface area contributed by atoms with Crippen LogP contribution in [0.5, 0.6) is 0 Å². The summed E-state index contributed by atoms with van der Waals surface area (Å²) in [6.45, 7) is 10.1. The summed E-state index contributed by atoms with van der Waals surface area (Å²) in [4.78, 5) is 10.9. The molecule has 0 aliphatic rings. The highest BCUT2D eigenvalue weighted by Crippen LogP contribution is 2.13. The predicted octanol–water partition coefficient (Wildman–Crippen LogP) is 1.94. The zero-order valence-corrected chi connectivity index (χ0v) is 11.7. The Morgan fingerprint density at radius 2 is 2.11 bits per heavy atom. The molecule has 5 heteroatoms. The molecule has 1 aromatic rings. The highest BCUT2D eigenvalue weighted by Gasteiger charge is 2.13. The summed E-state index contributed by atoms with van der Waals surface area (Å²) in [5, 5.41) is 7.47. The minimum absolute atomic E-state index is 0.0126. The van der Waals surface area contributed by atoms with Crippen molar-refractivity contribution in [2.24, 2.45) is 11.7 Å². The number of nitrogens with zero attached hydrogens (tertiary/aromatic N) is 3. The van der Waals surface area contributed by atoms with Gasteiger partial charge in [0.25, 0.3) is 0 Å². The number of nitrogen functional groups attached to an aromatic ring is 1. The van der Waals surface area contributed by atoms with Gasteiger partial charge in [0.2, 0.25) is 5.95 Å². The monoisotopic (exact) mass is 249 g/mol. The van der Waals surface area contributed by atoms with Gasteiger partial charge in [0.05, 0.1) is 0 Å². The van der Waals surface area contributed by atoms with Gasteiger partial charge in [0.15, 0.2) is 0 Å². The van der Waals surface area contributed by atoms with Crippen LogP contribution >= 0.6 is 0 Å². The van der Waals surface area contributed by atoms with E-state index in [1.165, 1.54) is 0 Å². The van der Waals surface area contributed by atoms with Gasteiger partial charge in [0.1, 0.15) is 11.5 Å². The second-order valence-corrected chi connectivity index (χ2v) is 4.66. The van der Waals surface area contributed by atoms with Crippen molar-refractivity contribution >= 4 is 11.8 Å². The van der Waals surface area contributed by atoms with Gasteiger partial charge in [-0.05, 0) is 25.8 Å². The maximum Gasteiger partial charge on any atom is 0.226 e. The van der Waals surface area contributed by atoms with E-state index in [4.69, 9.17) is 11.1 Å². The molecule has 1 unspecified atom stereocenters. The standard InChI is InChI=1S/C13H23N5/c1-5-9(3)8-18(6-2)13-16-10(4)7-11(17-13)12(14)15/h7,9H,5-6,8H2,1-4H3,(H3,14,15). The third-order valence-electron chi connectivity index (χ3n) is 3.01. The largest absolute Gasteiger partial charge is 0.382 e. The number of hydrogen-bond acceptors (Lipinski definition) is 4. The van der Waals surface area contributed by atoms with Gasteiger partial charge in [-0.15, -0.1) is 0 Å². The lowest BCUT2D eigenvalue weighted by Crippen LogP contribution is -2.30. The van der Waals surface area contributed by atoms with Crippen LogP contribution in [0.4, 0.5) is 5.95 Å². The fraction of sp³-hybridized carbons (Fsp3) is 0.615. The molecule has 5 nitrogen and oxygen atoms in total. The quantitative estimate of drug-likeness (QED) is 0.596. The van der Waals surface area contributed by atoms with Gasteiger partial charge in [-0.3, -0.25) is 5.41 Å². The molecule has 1 rings (SSSR count). The number of nitrogens with two attached hydrogens (primary N) is 1. The number of nitrogens with one attached hydrogen (secondary N) is 1. The van der Waals surface area contributed by atoms with Crippen LogP contribution in [0.15, 0.2) is 6.07 Å². The van der Waals surface area contributed by atoms with Crippen LogP contribution in [0.3, 0.4) is 0 Å². The van der Waals surface area contributed by atoms with Crippen molar-refractivity contribution in [3.05, 3.63) is 17.5 Å². The van der Waals surface area contributed by atoms with Crippen molar-refractivity contribution in [2.45, 2.75) is 34.1 Å². The van der Waals surface area contributed by atoms with E-state index in [0.717, 1.165) is 25.2 Å². The van der Waals surface area contributed by atoms with E-state index in [0.29, 0.717) is 17.6 Å². The number of aromatic nitrogens is 2. The Morgan fingerprint density at radius 1 is 1.44 bits per heavy atom. The van der Waals surface area contributed by atoms with E-state index in [1.807, 2.05) is 6.92 Å². The van der Waals surface area contributed by atoms with Crippen LogP contribution in [-0.4, -0.2) is 28.9 Å². The van der Waals surface area contributed by atoms with Crippen LogP contribution < -0.4 is 10.6 Å². The normalized spacial score (nSPS) is 12.2. The second kappa shape index (κ2) is 6.33. The minimum Gasteiger partial charge on any atom is -0.382 e. The number of hydrogen-bond donors (Lipinski definition) is 2. The lowest BCUT2D eigenvalue weighted by atomic mass is 10.1. The van der Waals surface area contributed by atoms with E-state index in [1.54, 1.807) is 6.07 Å². The van der Waals surface area contributed by atoms with Crippen molar-refractivity contribution < 1.29 is 0 Å². The van der Waals surface area contributed by atoms with Gasteiger partial charge in [0, 0.05) is 18.8 Å². The molecule has 100 valence electrons. The van der Waals surface area contributed by atoms with Crippen molar-refractivity contribution in [3.63, 3.8) is 0 Å². The van der Waals surface area contributed by atoms with E-state index < -0.39 is 0 Å². The lowest BCUT2D eigenvalue weighted by molar-refractivity contribution is 0.542. The Kier molecular flexibility index (Phi) is 5.07. The Hall–Kier alpha value is -1.65. The summed E-state index contributed by atoms with van der Waals surface area (Å²) in [6.07, 6.45) is 1.13. The first-order valence-corrected chi connectivity index (χ1v) is 6.42. The molecule has 18 heavy (non-hydrogen) atoms. The fourth-order valence-electron chi connectivity index (χ4n) is 1.69. The van der Waals surface area contributed by atoms with E-state index in [9.17, 15) is 0 Å². The summed E-state index contributed by atoms with van der Waals surface area (Å²) in [6, 6.07) is 1.74. The molecular weight excluding hydrogens is 226 g/mol. The molecule has 0 amide bonds. The summed E-state index contributed by atoms with van der Waals surface area (Å²) in [7, 11) is 0. The molecule has 0 aliphatic carbocycles. The average Bonchev–Trinajstić information content (AvgIpc) is 2.34. The fourth-order valence-corrected chi connectivity index (χ4v) is 1.69. The first kappa shape index (κ1) is 14.4. The van der Waals surface area contributed by atoms with Crippen molar-refractivity contribution in [3.8, 4) is 0 Å². The van der Waals surface area contributed by atoms with Crippen molar-refractivity contribution in [2.75, 3.05) is 18.0 Å². The molecule has 1 atom stereocenters. The number of rotatable bonds is 6. The Labute approximate surface area is 109 Å². The SMILES string of the molecule is CCC(C)CN(CC)c1nc(C)cc(C(=N)N)n1. The highest BCUT2D eigenvalue weighted by molar-refractivity contribution is 5.93. The maximum absolute atomic E-state index is 7.47. The summed E-state index contributed by atoms with van der Waals surface area (Å²) >= 11 is 0. The first-order valence-electron chi connectivity index (χ1n) is 6.42. The van der Waals surface area contributed by atoms with Crippen LogP contribution in [0.2, 0.25) is 0 Å². The van der Waals surface area contributed by atoms with Gasteiger partial charge in [-0.25, -0.2) is 9.97 Å². The number of amidine groups is 1. The van der Waals surface area contributed by atoms with Gasteiger partial charge in [-0.1, -0.05) is 20.3 Å². The number of anilines is 1. The van der Waals surface area contributed by atoms with Crippen LogP contribution in [0, 0.1) is 18.3 Å². The van der Waals surface area contributed by atoms with Crippen molar-refractivity contribution in [1.82, 2.24) is 9.97 Å². The summed E-state index contributed by atoms with van der Waals surface area (Å²) < 4.78 is 0. The van der Waals surface area contributed by atoms with Crippen LogP contribution in [0.1, 0.15) is 38.6 Å². The number of aryl methyl sites for hydroxylation is 1. The lowest BCUT2D eigenvalue weighted by Gasteiger charge is -2.24. The van der Waals surface area contributed by atoms with Crippen molar-refractivity contribution in [1.29, 1.82) is 5.41 Å². The smallest absolute Gasteiger partial charge is 0.226 e. The maximum atomic E-state index is 7.47. The third kappa shape index (κ3) is 3.68. The molecule has 1 heterocycles. The topological polar surface area (TPSA) is 78.9 Å². The first-order chi connectivity index (χ1) is 8.47. The van der Waals surface area contributed by atoms with E-state index in [-0.39, 0.29) is 5.84 Å². The zero-order chi connectivity index (χ0) is 13.7. The minimum atomic E-state index is -0.0126. The molecule has 0 saturated carbocycles. The molecule has 0 bridgehead atoms. The van der Waals surface area contributed by atoms with E-state index in [2.05, 4.69) is 35.6 Å². The van der Waals surface area contributed by atoms with Crippen LogP contribution in [0.25, 0.3) is 0 Å². The Bertz CT molecular complexity index is 416. The zero-order valence-electron chi connectivity index (χ0n) is 11.7. The second-order valence-electron chi connectivity index (χ2n) is 4.66. The molecule has 0 aliphatic heterocycles. The molecule has 0 radical (unpaired) electrons. The van der Waals surface area contributed by atoms with Crippen LogP contribution in [-0.2, 0) is 0 Å². The third-order valence-corrected chi connectivity index (χ3v) is 3.01. The molecule has 3 N–H and O–H groups in total. The molecule has 1 aromatic heterocycles.